The second-order valence-electron chi connectivity index (χ2n) is 14.1. The van der Waals surface area contributed by atoms with E-state index in [0.717, 1.165) is 74.2 Å². The molecular weight excluding hydrogens is 639 g/mol. The van der Waals surface area contributed by atoms with E-state index in [1.807, 2.05) is 48.2 Å². The summed E-state index contributed by atoms with van der Waals surface area (Å²) in [5.74, 6) is 2.18. The van der Waals surface area contributed by atoms with Crippen molar-refractivity contribution in [2.24, 2.45) is 7.05 Å². The van der Waals surface area contributed by atoms with Crippen molar-refractivity contribution < 1.29 is 19.4 Å². The van der Waals surface area contributed by atoms with E-state index in [9.17, 15) is 4.79 Å². The fourth-order valence-corrected chi connectivity index (χ4v) is 6.37. The van der Waals surface area contributed by atoms with Gasteiger partial charge in [-0.15, -0.1) is 0 Å². The van der Waals surface area contributed by atoms with E-state index in [0.29, 0.717) is 28.8 Å². The number of aliphatic hydroxyl groups excluding tert-OH is 1. The largest absolute Gasteiger partial charge is 0.492 e. The maximum Gasteiger partial charge on any atom is 0.272 e. The molecule has 1 amide bonds. The van der Waals surface area contributed by atoms with Crippen LogP contribution in [0.4, 0.5) is 11.4 Å². The van der Waals surface area contributed by atoms with Gasteiger partial charge >= 0.3 is 0 Å². The molecule has 3 N–H and O–H groups in total. The first-order chi connectivity index (χ1) is 23.3. The van der Waals surface area contributed by atoms with E-state index in [2.05, 4.69) is 72.4 Å². The van der Waals surface area contributed by atoms with Gasteiger partial charge in [-0.25, -0.2) is 4.98 Å². The molecule has 2 aromatic heterocycles. The van der Waals surface area contributed by atoms with Crippen molar-refractivity contribution in [3.8, 4) is 17.4 Å². The molecule has 2 aromatic carbocycles. The Morgan fingerprint density at radius 2 is 1.69 bits per heavy atom. The number of fused-ring (bicyclic) bond motifs is 1. The third-order valence-corrected chi connectivity index (χ3v) is 9.16. The molecule has 11 nitrogen and oxygen atoms in total. The number of aliphatic hydroxyl groups is 1. The molecule has 266 valence electrons. The standard InChI is InChI=1S/C36H49N7O3S.CH4O/c1-35(2,3)25-22-26(33(45-8)27(23-25)40-47-9)38-34(44)28-21-24-11-10-12-29(32(24)41(28)7)46-31-13-15-37-30(39-31)14-16-42-17-19-43(20-18-42)36(4,5)6;1-2/h10-13,15,21-23,40H,14,16-20H2,1-9H3,(H,38,44);2H,1H3. The number of aryl methyl sites for hydroxylation is 1. The topological polar surface area (TPSA) is 117 Å². The highest BCUT2D eigenvalue weighted by Gasteiger charge is 2.26. The molecule has 3 heterocycles. The first kappa shape index (κ1) is 38.0. The number of nitrogens with one attached hydrogen (secondary N) is 2. The summed E-state index contributed by atoms with van der Waals surface area (Å²) in [6.45, 7) is 18.4. The summed E-state index contributed by atoms with van der Waals surface area (Å²) in [4.78, 5) is 28.1. The molecule has 0 atom stereocenters. The van der Waals surface area contributed by atoms with E-state index in [1.54, 1.807) is 19.4 Å². The lowest BCUT2D eigenvalue weighted by Crippen LogP contribution is -2.53. The Morgan fingerprint density at radius 3 is 2.33 bits per heavy atom. The highest BCUT2D eigenvalue weighted by Crippen LogP contribution is 2.40. The van der Waals surface area contributed by atoms with Crippen molar-refractivity contribution in [2.45, 2.75) is 58.9 Å². The summed E-state index contributed by atoms with van der Waals surface area (Å²) in [5.41, 5.74) is 3.85. The van der Waals surface area contributed by atoms with Gasteiger partial charge in [0.2, 0.25) is 5.88 Å². The molecule has 5 rings (SSSR count). The van der Waals surface area contributed by atoms with E-state index >= 15 is 0 Å². The van der Waals surface area contributed by atoms with Gasteiger partial charge in [-0.3, -0.25) is 9.69 Å². The maximum atomic E-state index is 13.8. The zero-order chi connectivity index (χ0) is 35.9. The number of para-hydroxylation sites is 1. The van der Waals surface area contributed by atoms with E-state index in [4.69, 9.17) is 19.6 Å². The molecule has 4 aromatic rings. The lowest BCUT2D eigenvalue weighted by atomic mass is 9.86. The van der Waals surface area contributed by atoms with Crippen molar-refractivity contribution in [1.82, 2.24) is 24.3 Å². The minimum Gasteiger partial charge on any atom is -0.492 e. The molecule has 1 aliphatic heterocycles. The molecule has 1 saturated heterocycles. The van der Waals surface area contributed by atoms with Crippen LogP contribution in [0.25, 0.3) is 10.9 Å². The fraction of sp³-hybridized carbons (Fsp3) is 0.486. The second kappa shape index (κ2) is 16.2. The Balaban J connectivity index is 0.00000265. The first-order valence-electron chi connectivity index (χ1n) is 16.6. The van der Waals surface area contributed by atoms with Gasteiger partial charge in [0.1, 0.15) is 11.5 Å². The number of hydrogen-bond acceptors (Lipinski definition) is 10. The monoisotopic (exact) mass is 691 g/mol. The summed E-state index contributed by atoms with van der Waals surface area (Å²) >= 11 is 1.47. The second-order valence-corrected chi connectivity index (χ2v) is 14.7. The van der Waals surface area contributed by atoms with Crippen molar-refractivity contribution in [2.75, 3.05) is 63.2 Å². The number of anilines is 2. The molecule has 0 spiro atoms. The van der Waals surface area contributed by atoms with Gasteiger partial charge in [0.15, 0.2) is 11.5 Å². The number of aromatic nitrogens is 3. The predicted octanol–water partition coefficient (Wildman–Crippen LogP) is 6.58. The Morgan fingerprint density at radius 1 is 1.00 bits per heavy atom. The fourth-order valence-electron chi connectivity index (χ4n) is 6.00. The molecular formula is C37H53N7O4S. The Hall–Kier alpha value is -3.84. The molecule has 12 heteroatoms. The molecule has 1 aliphatic rings. The Kier molecular flexibility index (Phi) is 12.6. The molecule has 0 unspecified atom stereocenters. The maximum absolute atomic E-state index is 13.8. The number of carbonyl (C=O) groups is 1. The molecule has 0 radical (unpaired) electrons. The first-order valence-corrected chi connectivity index (χ1v) is 17.8. The number of carbonyl (C=O) groups excluding carboxylic acids is 1. The van der Waals surface area contributed by atoms with E-state index in [-0.39, 0.29) is 16.9 Å². The number of hydrogen-bond donors (Lipinski definition) is 3. The lowest BCUT2D eigenvalue weighted by molar-refractivity contribution is 0.0626. The number of amides is 1. The SMILES string of the molecule is CO.COc1c(NSC)cc(C(C)(C)C)cc1NC(=O)c1cc2cccc(Oc3ccnc(CCN4CCN(C(C)(C)C)CC4)n3)c2n1C. The van der Waals surface area contributed by atoms with Gasteiger partial charge in [0.25, 0.3) is 5.91 Å². The van der Waals surface area contributed by atoms with Gasteiger partial charge in [-0.2, -0.15) is 4.98 Å². The van der Waals surface area contributed by atoms with Gasteiger partial charge in [0, 0.05) is 82.7 Å². The molecule has 0 bridgehead atoms. The van der Waals surface area contributed by atoms with E-state index in [1.165, 1.54) is 11.9 Å². The van der Waals surface area contributed by atoms with Crippen LogP contribution in [-0.4, -0.2) is 94.1 Å². The van der Waals surface area contributed by atoms with Crippen molar-refractivity contribution >= 4 is 40.1 Å². The van der Waals surface area contributed by atoms with Crippen LogP contribution in [0.1, 0.15) is 63.4 Å². The summed E-state index contributed by atoms with van der Waals surface area (Å²) < 4.78 is 17.3. The Labute approximate surface area is 295 Å². The van der Waals surface area contributed by atoms with Crippen LogP contribution >= 0.6 is 11.9 Å². The minimum absolute atomic E-state index is 0.130. The van der Waals surface area contributed by atoms with Crippen LogP contribution in [0.2, 0.25) is 0 Å². The smallest absolute Gasteiger partial charge is 0.272 e. The van der Waals surface area contributed by atoms with Crippen LogP contribution in [0.3, 0.4) is 0 Å². The number of ether oxygens (including phenoxy) is 2. The van der Waals surface area contributed by atoms with Crippen molar-refractivity contribution in [1.29, 1.82) is 0 Å². The summed E-state index contributed by atoms with van der Waals surface area (Å²) in [6, 6.07) is 13.5. The van der Waals surface area contributed by atoms with Crippen LogP contribution in [0, 0.1) is 0 Å². The predicted molar refractivity (Wildman–Crippen MR) is 201 cm³/mol. The zero-order valence-electron chi connectivity index (χ0n) is 30.7. The number of benzene rings is 2. The zero-order valence-corrected chi connectivity index (χ0v) is 31.5. The van der Waals surface area contributed by atoms with Gasteiger partial charge in [0.05, 0.1) is 24.0 Å². The highest BCUT2D eigenvalue weighted by atomic mass is 32.2. The van der Waals surface area contributed by atoms with Crippen LogP contribution < -0.4 is 19.5 Å². The number of piperazine rings is 1. The lowest BCUT2D eigenvalue weighted by Gasteiger charge is -2.42. The average molecular weight is 692 g/mol. The van der Waals surface area contributed by atoms with Crippen LogP contribution in [-0.2, 0) is 18.9 Å². The third kappa shape index (κ3) is 9.24. The summed E-state index contributed by atoms with van der Waals surface area (Å²) in [5, 5.41) is 11.0. The van der Waals surface area contributed by atoms with Crippen LogP contribution in [0.5, 0.6) is 17.4 Å². The number of methoxy groups -OCH3 is 1. The van der Waals surface area contributed by atoms with E-state index < -0.39 is 0 Å². The van der Waals surface area contributed by atoms with Gasteiger partial charge < -0.3 is 34.1 Å². The average Bonchev–Trinajstić information content (AvgIpc) is 3.41. The Bertz CT molecular complexity index is 1720. The van der Waals surface area contributed by atoms with Crippen molar-refractivity contribution in [3.63, 3.8) is 0 Å². The normalized spacial score (nSPS) is 14.3. The number of nitrogens with zero attached hydrogens (tertiary/aromatic N) is 5. The molecule has 0 saturated carbocycles. The highest BCUT2D eigenvalue weighted by molar-refractivity contribution is 7.99. The van der Waals surface area contributed by atoms with Gasteiger partial charge in [-0.05, 0) is 56.0 Å². The van der Waals surface area contributed by atoms with Crippen LogP contribution in [0.15, 0.2) is 48.7 Å². The minimum atomic E-state index is -0.248. The van der Waals surface area contributed by atoms with Gasteiger partial charge in [-0.1, -0.05) is 44.9 Å². The summed E-state index contributed by atoms with van der Waals surface area (Å²) in [7, 11) is 4.48. The quantitative estimate of drug-likeness (QED) is 0.158. The van der Waals surface area contributed by atoms with Crippen molar-refractivity contribution in [3.05, 3.63) is 65.7 Å². The third-order valence-electron chi connectivity index (χ3n) is 8.74. The molecule has 1 fully saturated rings. The number of rotatable bonds is 10. The molecule has 0 aliphatic carbocycles. The summed E-state index contributed by atoms with van der Waals surface area (Å²) in [6.07, 6.45) is 4.45. The molecule has 49 heavy (non-hydrogen) atoms.